The van der Waals surface area contributed by atoms with Gasteiger partial charge in [-0.15, -0.1) is 0 Å². The smallest absolute Gasteiger partial charge is 0.331 e. The SMILES string of the molecule is N#CCCN(C(=O)COC(=O)/C=C/c1ccc(OCC#N)cc1)c1cccc(Cl)c1. The van der Waals surface area contributed by atoms with Crippen molar-refractivity contribution in [1.29, 1.82) is 10.5 Å². The Morgan fingerprint density at radius 2 is 1.87 bits per heavy atom. The zero-order chi connectivity index (χ0) is 21.8. The van der Waals surface area contributed by atoms with E-state index in [1.54, 1.807) is 48.5 Å². The molecule has 30 heavy (non-hydrogen) atoms. The second-order valence-corrected chi connectivity index (χ2v) is 6.33. The van der Waals surface area contributed by atoms with Crippen molar-refractivity contribution in [3.8, 4) is 17.9 Å². The average Bonchev–Trinajstić information content (AvgIpc) is 2.76. The Morgan fingerprint density at radius 3 is 2.53 bits per heavy atom. The minimum Gasteiger partial charge on any atom is -0.479 e. The van der Waals surface area contributed by atoms with Gasteiger partial charge in [-0.25, -0.2) is 4.79 Å². The first-order chi connectivity index (χ1) is 14.5. The highest BCUT2D eigenvalue weighted by Gasteiger charge is 2.17. The molecule has 152 valence electrons. The fourth-order valence-electron chi connectivity index (χ4n) is 2.42. The Bertz CT molecular complexity index is 991. The van der Waals surface area contributed by atoms with Gasteiger partial charge in [0.2, 0.25) is 0 Å². The van der Waals surface area contributed by atoms with Crippen LogP contribution in [0.5, 0.6) is 5.75 Å². The molecule has 7 nitrogen and oxygen atoms in total. The molecule has 2 aromatic rings. The Hall–Kier alpha value is -3.81. The molecule has 0 aliphatic heterocycles. The third-order valence-electron chi connectivity index (χ3n) is 3.80. The minimum atomic E-state index is -0.681. The topological polar surface area (TPSA) is 103 Å². The summed E-state index contributed by atoms with van der Waals surface area (Å²) in [7, 11) is 0. The number of esters is 1. The maximum absolute atomic E-state index is 12.5. The predicted molar refractivity (Wildman–Crippen MR) is 112 cm³/mol. The van der Waals surface area contributed by atoms with Crippen LogP contribution in [0.1, 0.15) is 12.0 Å². The molecule has 0 saturated carbocycles. The molecule has 0 unspecified atom stereocenters. The highest BCUT2D eigenvalue weighted by molar-refractivity contribution is 6.30. The lowest BCUT2D eigenvalue weighted by atomic mass is 10.2. The maximum Gasteiger partial charge on any atom is 0.331 e. The lowest BCUT2D eigenvalue weighted by Gasteiger charge is -2.21. The standard InChI is InChI=1S/C22H18ClN3O4/c23-18-3-1-4-19(15-18)26(13-2-11-24)21(27)16-30-22(28)10-7-17-5-8-20(9-6-17)29-14-12-25/h1,3-10,15H,2,13-14,16H2/b10-7+. The lowest BCUT2D eigenvalue weighted by Crippen LogP contribution is -2.35. The molecule has 0 aromatic heterocycles. The van der Waals surface area contributed by atoms with E-state index >= 15 is 0 Å². The number of hydrogen-bond acceptors (Lipinski definition) is 6. The van der Waals surface area contributed by atoms with Gasteiger partial charge in [0.05, 0.1) is 12.5 Å². The molecule has 2 rings (SSSR count). The van der Waals surface area contributed by atoms with Gasteiger partial charge in [-0.3, -0.25) is 4.79 Å². The summed E-state index contributed by atoms with van der Waals surface area (Å²) in [5.74, 6) is -0.604. The van der Waals surface area contributed by atoms with E-state index in [0.717, 1.165) is 5.56 Å². The van der Waals surface area contributed by atoms with Crippen LogP contribution in [0.15, 0.2) is 54.6 Å². The van der Waals surface area contributed by atoms with Crippen LogP contribution in [0.2, 0.25) is 5.02 Å². The number of rotatable bonds is 9. The Morgan fingerprint density at radius 1 is 1.10 bits per heavy atom. The van der Waals surface area contributed by atoms with Gasteiger partial charge in [-0.1, -0.05) is 29.8 Å². The van der Waals surface area contributed by atoms with Crippen molar-refractivity contribution in [2.45, 2.75) is 6.42 Å². The van der Waals surface area contributed by atoms with Gasteiger partial charge in [0.15, 0.2) is 13.2 Å². The summed E-state index contributed by atoms with van der Waals surface area (Å²) >= 11 is 5.97. The number of ether oxygens (including phenoxy) is 2. The third kappa shape index (κ3) is 7.31. The highest BCUT2D eigenvalue weighted by Crippen LogP contribution is 2.20. The zero-order valence-corrected chi connectivity index (χ0v) is 16.7. The molecule has 2 aromatic carbocycles. The van der Waals surface area contributed by atoms with E-state index in [9.17, 15) is 9.59 Å². The van der Waals surface area contributed by atoms with Crippen LogP contribution in [0.25, 0.3) is 6.08 Å². The molecule has 1 amide bonds. The first-order valence-electron chi connectivity index (χ1n) is 8.91. The fourth-order valence-corrected chi connectivity index (χ4v) is 2.60. The Balaban J connectivity index is 1.93. The van der Waals surface area contributed by atoms with Gasteiger partial charge in [0, 0.05) is 23.3 Å². The largest absolute Gasteiger partial charge is 0.479 e. The third-order valence-corrected chi connectivity index (χ3v) is 4.04. The zero-order valence-electron chi connectivity index (χ0n) is 16.0. The molecule has 0 aliphatic carbocycles. The summed E-state index contributed by atoms with van der Waals surface area (Å²) in [4.78, 5) is 25.8. The van der Waals surface area contributed by atoms with Crippen molar-refractivity contribution in [1.82, 2.24) is 0 Å². The number of anilines is 1. The normalized spacial score (nSPS) is 10.1. The van der Waals surface area contributed by atoms with Crippen LogP contribution in [-0.4, -0.2) is 31.6 Å². The molecule has 0 N–H and O–H groups in total. The van der Waals surface area contributed by atoms with E-state index in [2.05, 4.69) is 0 Å². The summed E-state index contributed by atoms with van der Waals surface area (Å²) in [5, 5.41) is 17.8. The van der Waals surface area contributed by atoms with Crippen LogP contribution in [-0.2, 0) is 14.3 Å². The van der Waals surface area contributed by atoms with Crippen LogP contribution in [0.4, 0.5) is 5.69 Å². The Kier molecular flexibility index (Phi) is 8.92. The van der Waals surface area contributed by atoms with Crippen molar-refractivity contribution in [3.05, 3.63) is 65.2 Å². The fraction of sp³-hybridized carbons (Fsp3) is 0.182. The summed E-state index contributed by atoms with van der Waals surface area (Å²) in [6, 6.07) is 17.3. The van der Waals surface area contributed by atoms with Crippen LogP contribution < -0.4 is 9.64 Å². The van der Waals surface area contributed by atoms with Gasteiger partial charge >= 0.3 is 5.97 Å². The molecule has 0 saturated heterocycles. The predicted octanol–water partition coefficient (Wildman–Crippen LogP) is 3.75. The number of carbonyl (C=O) groups is 2. The monoisotopic (exact) mass is 423 g/mol. The first-order valence-corrected chi connectivity index (χ1v) is 9.29. The first kappa shape index (κ1) is 22.5. The van der Waals surface area contributed by atoms with E-state index in [1.165, 1.54) is 17.1 Å². The van der Waals surface area contributed by atoms with Gasteiger partial charge in [-0.05, 0) is 42.0 Å². The van der Waals surface area contributed by atoms with Gasteiger partial charge in [0.25, 0.3) is 5.91 Å². The maximum atomic E-state index is 12.5. The molecular formula is C22H18ClN3O4. The summed E-state index contributed by atoms with van der Waals surface area (Å²) in [6.45, 7) is -0.360. The number of nitriles is 2. The molecule has 0 atom stereocenters. The van der Waals surface area contributed by atoms with Crippen molar-refractivity contribution in [3.63, 3.8) is 0 Å². The molecule has 0 bridgehead atoms. The number of amides is 1. The molecule has 0 fully saturated rings. The minimum absolute atomic E-state index is 0.0455. The Labute approximate surface area is 179 Å². The number of hydrogen-bond donors (Lipinski definition) is 0. The number of nitrogens with zero attached hydrogens (tertiary/aromatic N) is 3. The quantitative estimate of drug-likeness (QED) is 0.449. The molecule has 0 heterocycles. The van der Waals surface area contributed by atoms with Crippen LogP contribution in [0, 0.1) is 22.7 Å². The number of benzene rings is 2. The van der Waals surface area contributed by atoms with Crippen molar-refractivity contribution < 1.29 is 19.1 Å². The molecule has 0 spiro atoms. The number of halogens is 1. The van der Waals surface area contributed by atoms with Crippen LogP contribution in [0.3, 0.4) is 0 Å². The summed E-state index contributed by atoms with van der Waals surface area (Å²) in [6.07, 6.45) is 2.86. The second-order valence-electron chi connectivity index (χ2n) is 5.89. The average molecular weight is 424 g/mol. The van der Waals surface area contributed by atoms with Crippen molar-refractivity contribution in [2.24, 2.45) is 0 Å². The lowest BCUT2D eigenvalue weighted by molar-refractivity contribution is -0.142. The van der Waals surface area contributed by atoms with E-state index in [-0.39, 0.29) is 19.6 Å². The van der Waals surface area contributed by atoms with Crippen molar-refractivity contribution in [2.75, 3.05) is 24.7 Å². The van der Waals surface area contributed by atoms with Gasteiger partial charge in [-0.2, -0.15) is 10.5 Å². The van der Waals surface area contributed by atoms with Gasteiger partial charge < -0.3 is 14.4 Å². The summed E-state index contributed by atoms with van der Waals surface area (Å²) < 4.78 is 10.2. The summed E-state index contributed by atoms with van der Waals surface area (Å²) in [5.41, 5.74) is 1.24. The highest BCUT2D eigenvalue weighted by atomic mass is 35.5. The second kappa shape index (κ2) is 11.9. The van der Waals surface area contributed by atoms with E-state index < -0.39 is 18.5 Å². The molecule has 0 aliphatic rings. The number of carbonyl (C=O) groups excluding carboxylic acids is 2. The molecule has 8 heteroatoms. The van der Waals surface area contributed by atoms with E-state index in [4.69, 9.17) is 31.6 Å². The van der Waals surface area contributed by atoms with E-state index in [0.29, 0.717) is 16.5 Å². The van der Waals surface area contributed by atoms with Crippen LogP contribution >= 0.6 is 11.6 Å². The van der Waals surface area contributed by atoms with Crippen molar-refractivity contribution >= 4 is 35.2 Å². The molecule has 0 radical (unpaired) electrons. The van der Waals surface area contributed by atoms with E-state index in [1.807, 2.05) is 12.1 Å². The van der Waals surface area contributed by atoms with Gasteiger partial charge in [0.1, 0.15) is 11.8 Å². The molecular weight excluding hydrogens is 406 g/mol.